The third-order valence-corrected chi connectivity index (χ3v) is 4.36. The maximum absolute atomic E-state index is 5.26. The second-order valence-electron chi connectivity index (χ2n) is 6.45. The molecule has 0 aromatic rings. The van der Waals surface area contributed by atoms with Gasteiger partial charge in [-0.15, -0.1) is 0 Å². The van der Waals surface area contributed by atoms with E-state index in [9.17, 15) is 0 Å². The molecule has 0 aromatic heterocycles. The van der Waals surface area contributed by atoms with E-state index >= 15 is 0 Å². The first-order chi connectivity index (χ1) is 9.22. The molecule has 1 saturated carbocycles. The lowest BCUT2D eigenvalue weighted by Crippen LogP contribution is -2.51. The first-order valence-corrected chi connectivity index (χ1v) is 7.74. The van der Waals surface area contributed by atoms with E-state index in [4.69, 9.17) is 4.74 Å². The molecule has 0 spiro atoms. The molecule has 19 heavy (non-hydrogen) atoms. The minimum absolute atomic E-state index is 0.293. The van der Waals surface area contributed by atoms with Gasteiger partial charge in [0.15, 0.2) is 5.96 Å². The normalized spacial score (nSPS) is 23.2. The first-order valence-electron chi connectivity index (χ1n) is 7.74. The second-order valence-corrected chi connectivity index (χ2v) is 6.45. The Kier molecular flexibility index (Phi) is 5.49. The van der Waals surface area contributed by atoms with Crippen LogP contribution in [-0.4, -0.2) is 39.3 Å². The van der Waals surface area contributed by atoms with Crippen molar-refractivity contribution in [1.29, 1.82) is 0 Å². The van der Waals surface area contributed by atoms with E-state index in [0.717, 1.165) is 38.2 Å². The predicted molar refractivity (Wildman–Crippen MR) is 79.5 cm³/mol. The van der Waals surface area contributed by atoms with Crippen LogP contribution in [0.5, 0.6) is 0 Å². The van der Waals surface area contributed by atoms with Gasteiger partial charge >= 0.3 is 0 Å². The van der Waals surface area contributed by atoms with Crippen molar-refractivity contribution in [3.8, 4) is 0 Å². The van der Waals surface area contributed by atoms with Crippen LogP contribution < -0.4 is 10.6 Å². The third-order valence-electron chi connectivity index (χ3n) is 4.36. The fraction of sp³-hybridized carbons (Fsp3) is 0.933. The molecule has 1 aliphatic heterocycles. The van der Waals surface area contributed by atoms with Crippen LogP contribution in [0.25, 0.3) is 0 Å². The van der Waals surface area contributed by atoms with Crippen molar-refractivity contribution in [3.05, 3.63) is 0 Å². The monoisotopic (exact) mass is 267 g/mol. The summed E-state index contributed by atoms with van der Waals surface area (Å²) in [7, 11) is 1.84. The molecule has 4 nitrogen and oxygen atoms in total. The average Bonchev–Trinajstić information content (AvgIpc) is 2.89. The Morgan fingerprint density at radius 1 is 1.26 bits per heavy atom. The van der Waals surface area contributed by atoms with E-state index < -0.39 is 0 Å². The molecular formula is C15H29N3O. The van der Waals surface area contributed by atoms with Crippen molar-refractivity contribution in [2.45, 2.75) is 45.4 Å². The Morgan fingerprint density at radius 3 is 2.58 bits per heavy atom. The van der Waals surface area contributed by atoms with Gasteiger partial charge < -0.3 is 15.4 Å². The van der Waals surface area contributed by atoms with E-state index in [1.165, 1.54) is 38.5 Å². The highest BCUT2D eigenvalue weighted by molar-refractivity contribution is 5.79. The van der Waals surface area contributed by atoms with Crippen LogP contribution in [-0.2, 0) is 4.74 Å². The molecule has 0 bridgehead atoms. The summed E-state index contributed by atoms with van der Waals surface area (Å²) in [6.07, 6.45) is 8.42. The zero-order valence-electron chi connectivity index (χ0n) is 12.5. The molecular weight excluding hydrogens is 238 g/mol. The van der Waals surface area contributed by atoms with Crippen LogP contribution in [0.15, 0.2) is 4.99 Å². The zero-order chi connectivity index (χ0) is 13.6. The second kappa shape index (κ2) is 7.13. The number of hydrogen-bond acceptors (Lipinski definition) is 2. The molecule has 1 aliphatic carbocycles. The molecule has 1 saturated heterocycles. The van der Waals surface area contributed by atoms with E-state index in [1.807, 2.05) is 7.05 Å². The molecule has 0 radical (unpaired) electrons. The maximum Gasteiger partial charge on any atom is 0.190 e. The summed E-state index contributed by atoms with van der Waals surface area (Å²) in [4.78, 5) is 4.27. The third kappa shape index (κ3) is 4.68. The zero-order valence-corrected chi connectivity index (χ0v) is 12.5. The fourth-order valence-corrected chi connectivity index (χ4v) is 2.97. The largest absolute Gasteiger partial charge is 0.380 e. The molecule has 0 unspecified atom stereocenters. The first kappa shape index (κ1) is 14.6. The summed E-state index contributed by atoms with van der Waals surface area (Å²) in [5.41, 5.74) is 0.293. The molecule has 2 fully saturated rings. The van der Waals surface area contributed by atoms with Crippen molar-refractivity contribution in [2.24, 2.45) is 16.3 Å². The summed E-state index contributed by atoms with van der Waals surface area (Å²) >= 11 is 0. The molecule has 2 N–H and O–H groups in total. The fourth-order valence-electron chi connectivity index (χ4n) is 2.97. The molecule has 0 amide bonds. The lowest BCUT2D eigenvalue weighted by molar-refractivity contribution is -0.0971. The smallest absolute Gasteiger partial charge is 0.190 e. The molecule has 4 heteroatoms. The van der Waals surface area contributed by atoms with Crippen LogP contribution >= 0.6 is 0 Å². The summed E-state index contributed by atoms with van der Waals surface area (Å²) < 4.78 is 5.26. The molecule has 0 aromatic carbocycles. The van der Waals surface area contributed by atoms with E-state index in [2.05, 4.69) is 22.5 Å². The summed E-state index contributed by atoms with van der Waals surface area (Å²) in [6.45, 7) is 5.94. The Hall–Kier alpha value is -0.770. The molecule has 0 atom stereocenters. The number of nitrogens with zero attached hydrogens (tertiary/aromatic N) is 1. The molecule has 110 valence electrons. The molecule has 2 rings (SSSR count). The Balaban J connectivity index is 1.54. The SMILES string of the molecule is CN=C(NCCCC1CCCC1)NCC1(C)COC1. The average molecular weight is 267 g/mol. The van der Waals surface area contributed by atoms with E-state index in [0.29, 0.717) is 5.41 Å². The van der Waals surface area contributed by atoms with Crippen molar-refractivity contribution in [2.75, 3.05) is 33.4 Å². The van der Waals surface area contributed by atoms with Gasteiger partial charge in [0.2, 0.25) is 0 Å². The van der Waals surface area contributed by atoms with Crippen molar-refractivity contribution < 1.29 is 4.74 Å². The standard InChI is InChI=1S/C15H29N3O/c1-15(11-19-12-15)10-18-14(16-2)17-9-5-8-13-6-3-4-7-13/h13H,3-12H2,1-2H3,(H2,16,17,18). The van der Waals surface area contributed by atoms with Gasteiger partial charge in [0.25, 0.3) is 0 Å². The van der Waals surface area contributed by atoms with Gasteiger partial charge in [-0.25, -0.2) is 0 Å². The number of aliphatic imine (C=N–C) groups is 1. The highest BCUT2D eigenvalue weighted by atomic mass is 16.5. The quantitative estimate of drug-likeness (QED) is 0.440. The Labute approximate surface area is 117 Å². The number of ether oxygens (including phenoxy) is 1. The maximum atomic E-state index is 5.26. The van der Waals surface area contributed by atoms with Gasteiger partial charge in [0, 0.05) is 25.6 Å². The summed E-state index contributed by atoms with van der Waals surface area (Å²) in [5, 5.41) is 6.81. The highest BCUT2D eigenvalue weighted by Crippen LogP contribution is 2.28. The van der Waals surface area contributed by atoms with Crippen LogP contribution in [0.1, 0.15) is 45.4 Å². The van der Waals surface area contributed by atoms with E-state index in [1.54, 1.807) is 0 Å². The van der Waals surface area contributed by atoms with Gasteiger partial charge in [0.05, 0.1) is 13.2 Å². The van der Waals surface area contributed by atoms with Gasteiger partial charge in [-0.1, -0.05) is 32.6 Å². The van der Waals surface area contributed by atoms with Gasteiger partial charge in [-0.3, -0.25) is 4.99 Å². The molecule has 2 aliphatic rings. The lowest BCUT2D eigenvalue weighted by Gasteiger charge is -2.38. The van der Waals surface area contributed by atoms with Crippen molar-refractivity contribution in [3.63, 3.8) is 0 Å². The van der Waals surface area contributed by atoms with Crippen molar-refractivity contribution in [1.82, 2.24) is 10.6 Å². The number of guanidine groups is 1. The minimum atomic E-state index is 0.293. The van der Waals surface area contributed by atoms with Crippen LogP contribution in [0.2, 0.25) is 0 Å². The number of hydrogen-bond donors (Lipinski definition) is 2. The predicted octanol–water partition coefficient (Wildman–Crippen LogP) is 2.16. The lowest BCUT2D eigenvalue weighted by atomic mass is 9.89. The van der Waals surface area contributed by atoms with Crippen molar-refractivity contribution >= 4 is 5.96 Å². The van der Waals surface area contributed by atoms with Gasteiger partial charge in [0.1, 0.15) is 0 Å². The Morgan fingerprint density at radius 2 is 2.00 bits per heavy atom. The van der Waals surface area contributed by atoms with Gasteiger partial charge in [-0.05, 0) is 18.8 Å². The number of nitrogens with one attached hydrogen (secondary N) is 2. The highest BCUT2D eigenvalue weighted by Gasteiger charge is 2.33. The topological polar surface area (TPSA) is 45.7 Å². The van der Waals surface area contributed by atoms with Crippen LogP contribution in [0.4, 0.5) is 0 Å². The number of rotatable bonds is 6. The summed E-state index contributed by atoms with van der Waals surface area (Å²) in [6, 6.07) is 0. The van der Waals surface area contributed by atoms with Crippen LogP contribution in [0.3, 0.4) is 0 Å². The summed E-state index contributed by atoms with van der Waals surface area (Å²) in [5.74, 6) is 1.92. The Bertz CT molecular complexity index is 294. The van der Waals surface area contributed by atoms with Gasteiger partial charge in [-0.2, -0.15) is 0 Å². The minimum Gasteiger partial charge on any atom is -0.380 e. The van der Waals surface area contributed by atoms with E-state index in [-0.39, 0.29) is 0 Å². The van der Waals surface area contributed by atoms with Crippen LogP contribution in [0, 0.1) is 11.3 Å². The molecule has 1 heterocycles.